The van der Waals surface area contributed by atoms with Gasteiger partial charge in [0.2, 0.25) is 5.91 Å². The fourth-order valence-corrected chi connectivity index (χ4v) is 0.566. The van der Waals surface area contributed by atoms with E-state index in [0.29, 0.717) is 0 Å². The first kappa shape index (κ1) is 11.4. The Morgan fingerprint density at radius 1 is 1.38 bits per heavy atom. The molecule has 0 radical (unpaired) electrons. The van der Waals surface area contributed by atoms with Crippen molar-refractivity contribution in [3.8, 4) is 0 Å². The van der Waals surface area contributed by atoms with Gasteiger partial charge in [0.15, 0.2) is 0 Å². The predicted molar refractivity (Wildman–Crippen MR) is 41.9 cm³/mol. The van der Waals surface area contributed by atoms with Crippen molar-refractivity contribution in [3.05, 3.63) is 0 Å². The van der Waals surface area contributed by atoms with Gasteiger partial charge in [0.1, 0.15) is 13.0 Å². The van der Waals surface area contributed by atoms with Crippen LogP contribution in [-0.4, -0.2) is 36.1 Å². The predicted octanol–water partition coefficient (Wildman–Crippen LogP) is -0.860. The summed E-state index contributed by atoms with van der Waals surface area (Å²) in [6.45, 7) is 1.52. The molecule has 0 fully saturated rings. The molecular weight excluding hydrogens is 178 g/mol. The van der Waals surface area contributed by atoms with Gasteiger partial charge in [-0.15, -0.1) is 0 Å². The van der Waals surface area contributed by atoms with Gasteiger partial charge in [-0.2, -0.15) is 0 Å². The zero-order valence-electron chi connectivity index (χ0n) is 7.20. The maximum Gasteiger partial charge on any atom is 0.317 e. The lowest BCUT2D eigenvalue weighted by atomic mass is 10.4. The van der Waals surface area contributed by atoms with Crippen molar-refractivity contribution < 1.29 is 24.2 Å². The smallest absolute Gasteiger partial charge is 0.317 e. The number of hydrogen-bond donors (Lipinski definition) is 2. The highest BCUT2D eigenvalue weighted by molar-refractivity contribution is 5.90. The first-order chi connectivity index (χ1) is 6.02. The van der Waals surface area contributed by atoms with Gasteiger partial charge in [-0.05, 0) is 0 Å². The van der Waals surface area contributed by atoms with Gasteiger partial charge in [0.25, 0.3) is 0 Å². The first-order valence-corrected chi connectivity index (χ1v) is 3.64. The van der Waals surface area contributed by atoms with Crippen LogP contribution in [0.4, 0.5) is 0 Å². The third kappa shape index (κ3) is 8.32. The molecule has 0 saturated carbocycles. The number of nitrogens with one attached hydrogen (secondary N) is 1. The summed E-state index contributed by atoms with van der Waals surface area (Å²) in [5, 5.41) is 10.5. The molecule has 0 spiro atoms. The van der Waals surface area contributed by atoms with E-state index in [-0.39, 0.29) is 19.1 Å². The molecule has 6 heteroatoms. The molecule has 0 rings (SSSR count). The molecule has 0 bridgehead atoms. The SMILES string of the molecule is CC(=O)NCCOC(=O)CC(=O)O. The van der Waals surface area contributed by atoms with E-state index in [1.54, 1.807) is 0 Å². The average molecular weight is 189 g/mol. The molecule has 74 valence electrons. The van der Waals surface area contributed by atoms with E-state index in [9.17, 15) is 14.4 Å². The molecule has 0 heterocycles. The Hall–Kier alpha value is -1.59. The minimum atomic E-state index is -1.23. The van der Waals surface area contributed by atoms with E-state index in [1.807, 2.05) is 0 Å². The summed E-state index contributed by atoms with van der Waals surface area (Å²) < 4.78 is 4.47. The molecule has 0 unspecified atom stereocenters. The van der Waals surface area contributed by atoms with Crippen LogP contribution < -0.4 is 5.32 Å². The Morgan fingerprint density at radius 2 is 2.00 bits per heavy atom. The van der Waals surface area contributed by atoms with E-state index in [1.165, 1.54) is 6.92 Å². The molecule has 0 aliphatic carbocycles. The highest BCUT2D eigenvalue weighted by atomic mass is 16.5. The van der Waals surface area contributed by atoms with Gasteiger partial charge in [0, 0.05) is 6.92 Å². The van der Waals surface area contributed by atoms with Crippen molar-refractivity contribution in [1.29, 1.82) is 0 Å². The zero-order chi connectivity index (χ0) is 10.3. The fraction of sp³-hybridized carbons (Fsp3) is 0.571. The van der Waals surface area contributed by atoms with Gasteiger partial charge in [0.05, 0.1) is 6.54 Å². The quantitative estimate of drug-likeness (QED) is 0.333. The number of ether oxygens (including phenoxy) is 1. The van der Waals surface area contributed by atoms with Crippen molar-refractivity contribution >= 4 is 17.8 Å². The molecule has 0 atom stereocenters. The largest absolute Gasteiger partial charge is 0.481 e. The van der Waals surface area contributed by atoms with Crippen molar-refractivity contribution in [2.45, 2.75) is 13.3 Å². The van der Waals surface area contributed by atoms with Crippen LogP contribution in [0, 0.1) is 0 Å². The molecule has 2 N–H and O–H groups in total. The van der Waals surface area contributed by atoms with Crippen LogP contribution in [0.15, 0.2) is 0 Å². The minimum absolute atomic E-state index is 0.00824. The number of carbonyl (C=O) groups excluding carboxylic acids is 2. The second kappa shape index (κ2) is 5.99. The third-order valence-electron chi connectivity index (χ3n) is 1.03. The lowest BCUT2D eigenvalue weighted by molar-refractivity contribution is -0.151. The Balaban J connectivity index is 3.37. The molecule has 0 saturated heterocycles. The second-order valence-corrected chi connectivity index (χ2v) is 2.27. The highest BCUT2D eigenvalue weighted by Gasteiger charge is 2.07. The van der Waals surface area contributed by atoms with Gasteiger partial charge in [-0.25, -0.2) is 0 Å². The van der Waals surface area contributed by atoms with Crippen molar-refractivity contribution in [1.82, 2.24) is 5.32 Å². The Morgan fingerprint density at radius 3 is 2.46 bits per heavy atom. The summed E-state index contributed by atoms with van der Waals surface area (Å²) in [7, 11) is 0. The highest BCUT2D eigenvalue weighted by Crippen LogP contribution is 1.85. The minimum Gasteiger partial charge on any atom is -0.481 e. The number of carboxylic acids is 1. The lowest BCUT2D eigenvalue weighted by Gasteiger charge is -2.02. The van der Waals surface area contributed by atoms with Gasteiger partial charge in [-0.3, -0.25) is 14.4 Å². The van der Waals surface area contributed by atoms with Crippen LogP contribution in [0.3, 0.4) is 0 Å². The number of carbonyl (C=O) groups is 3. The van der Waals surface area contributed by atoms with Crippen molar-refractivity contribution in [2.75, 3.05) is 13.2 Å². The molecule has 6 nitrogen and oxygen atoms in total. The average Bonchev–Trinajstić information content (AvgIpc) is 1.96. The molecule has 1 amide bonds. The number of rotatable bonds is 5. The van der Waals surface area contributed by atoms with E-state index >= 15 is 0 Å². The number of amides is 1. The van der Waals surface area contributed by atoms with Crippen LogP contribution in [-0.2, 0) is 19.1 Å². The van der Waals surface area contributed by atoms with E-state index in [2.05, 4.69) is 10.1 Å². The number of esters is 1. The molecule has 0 aliphatic rings. The van der Waals surface area contributed by atoms with Crippen LogP contribution in [0.25, 0.3) is 0 Å². The Bertz CT molecular complexity index is 213. The summed E-state index contributed by atoms with van der Waals surface area (Å²) >= 11 is 0. The number of hydrogen-bond acceptors (Lipinski definition) is 4. The molecular formula is C7H11NO5. The van der Waals surface area contributed by atoms with Gasteiger partial charge < -0.3 is 15.2 Å². The normalized spacial score (nSPS) is 9.00. The number of carboxylic acid groups (broad SMARTS) is 1. The molecule has 0 aromatic carbocycles. The van der Waals surface area contributed by atoms with Crippen LogP contribution >= 0.6 is 0 Å². The van der Waals surface area contributed by atoms with Crippen molar-refractivity contribution in [3.63, 3.8) is 0 Å². The van der Waals surface area contributed by atoms with Crippen LogP contribution in [0.5, 0.6) is 0 Å². The van der Waals surface area contributed by atoms with Crippen molar-refractivity contribution in [2.24, 2.45) is 0 Å². The topological polar surface area (TPSA) is 92.7 Å². The summed E-state index contributed by atoms with van der Waals surface area (Å²) in [4.78, 5) is 30.9. The van der Waals surface area contributed by atoms with Crippen LogP contribution in [0.2, 0.25) is 0 Å². The summed E-state index contributed by atoms with van der Waals surface area (Å²) in [5.74, 6) is -2.27. The zero-order valence-corrected chi connectivity index (χ0v) is 7.20. The summed E-state index contributed by atoms with van der Waals surface area (Å²) in [6.07, 6.45) is -0.653. The maximum absolute atomic E-state index is 10.6. The van der Waals surface area contributed by atoms with Crippen LogP contribution in [0.1, 0.15) is 13.3 Å². The lowest BCUT2D eigenvalue weighted by Crippen LogP contribution is -2.25. The first-order valence-electron chi connectivity index (χ1n) is 3.64. The third-order valence-corrected chi connectivity index (χ3v) is 1.03. The Labute approximate surface area is 74.9 Å². The fourth-order valence-electron chi connectivity index (χ4n) is 0.566. The Kier molecular flexibility index (Phi) is 5.25. The standard InChI is InChI=1S/C7H11NO5/c1-5(9)8-2-3-13-7(12)4-6(10)11/h2-4H2,1H3,(H,8,9)(H,10,11). The molecule has 0 aromatic heterocycles. The van der Waals surface area contributed by atoms with E-state index in [4.69, 9.17) is 5.11 Å². The van der Waals surface area contributed by atoms with E-state index < -0.39 is 18.4 Å². The summed E-state index contributed by atoms with van der Waals surface area (Å²) in [6, 6.07) is 0. The molecule has 0 aliphatic heterocycles. The maximum atomic E-state index is 10.6. The monoisotopic (exact) mass is 189 g/mol. The number of aliphatic carboxylic acids is 1. The summed E-state index contributed by atoms with van der Waals surface area (Å²) in [5.41, 5.74) is 0. The second-order valence-electron chi connectivity index (χ2n) is 2.27. The van der Waals surface area contributed by atoms with E-state index in [0.717, 1.165) is 0 Å². The molecule has 13 heavy (non-hydrogen) atoms. The van der Waals surface area contributed by atoms with Gasteiger partial charge >= 0.3 is 11.9 Å². The van der Waals surface area contributed by atoms with Gasteiger partial charge in [-0.1, -0.05) is 0 Å². The molecule has 0 aromatic rings.